The molecule has 0 radical (unpaired) electrons. The van der Waals surface area contributed by atoms with Gasteiger partial charge in [-0.3, -0.25) is 4.79 Å². The van der Waals surface area contributed by atoms with Gasteiger partial charge in [0.25, 0.3) is 0 Å². The second-order valence-corrected chi connectivity index (χ2v) is 6.09. The lowest BCUT2D eigenvalue weighted by molar-refractivity contribution is -0.126. The van der Waals surface area contributed by atoms with E-state index < -0.39 is 0 Å². The molecule has 0 unspecified atom stereocenters. The molecule has 1 aliphatic rings. The minimum atomic E-state index is -0.222. The minimum Gasteiger partial charge on any atom is -0.366 e. The molecular formula is C19H18ClFN2O. The van der Waals surface area contributed by atoms with Crippen LogP contribution in [0, 0.1) is 5.82 Å². The highest BCUT2D eigenvalue weighted by Gasteiger charge is 2.21. The van der Waals surface area contributed by atoms with Crippen molar-refractivity contribution >= 4 is 29.3 Å². The number of rotatable bonds is 3. The first-order valence-electron chi connectivity index (χ1n) is 7.85. The number of carbonyl (C=O) groups excluding carboxylic acids is 1. The van der Waals surface area contributed by atoms with Gasteiger partial charge in [-0.2, -0.15) is 0 Å². The lowest BCUT2D eigenvalue weighted by Gasteiger charge is -2.35. The molecule has 3 rings (SSSR count). The molecule has 1 heterocycles. The molecule has 1 amide bonds. The van der Waals surface area contributed by atoms with Crippen molar-refractivity contribution in [1.82, 2.24) is 4.90 Å². The highest BCUT2D eigenvalue weighted by atomic mass is 35.5. The summed E-state index contributed by atoms with van der Waals surface area (Å²) in [5.41, 5.74) is 1.53. The van der Waals surface area contributed by atoms with Crippen molar-refractivity contribution in [3.63, 3.8) is 0 Å². The molecule has 0 aromatic heterocycles. The Bertz CT molecular complexity index is 737. The number of amides is 1. The Morgan fingerprint density at radius 3 is 2.33 bits per heavy atom. The number of hydrogen-bond donors (Lipinski definition) is 0. The van der Waals surface area contributed by atoms with Crippen LogP contribution in [0.2, 0.25) is 5.02 Å². The average Bonchev–Trinajstić information content (AvgIpc) is 2.61. The number of nitrogens with zero attached hydrogens (tertiary/aromatic N) is 2. The van der Waals surface area contributed by atoms with E-state index in [4.69, 9.17) is 11.6 Å². The molecule has 1 aliphatic heterocycles. The van der Waals surface area contributed by atoms with Crippen molar-refractivity contribution in [2.45, 2.75) is 0 Å². The van der Waals surface area contributed by atoms with Crippen LogP contribution in [0.5, 0.6) is 0 Å². The molecule has 1 fully saturated rings. The summed E-state index contributed by atoms with van der Waals surface area (Å²) < 4.78 is 13.8. The van der Waals surface area contributed by atoms with Gasteiger partial charge >= 0.3 is 0 Å². The van der Waals surface area contributed by atoms with E-state index in [2.05, 4.69) is 0 Å². The Labute approximate surface area is 145 Å². The molecule has 0 N–H and O–H groups in total. The zero-order valence-corrected chi connectivity index (χ0v) is 13.9. The third-order valence-electron chi connectivity index (χ3n) is 4.07. The largest absolute Gasteiger partial charge is 0.366 e. The quantitative estimate of drug-likeness (QED) is 0.790. The van der Waals surface area contributed by atoms with E-state index in [1.54, 1.807) is 41.3 Å². The second kappa shape index (κ2) is 7.49. The van der Waals surface area contributed by atoms with E-state index in [0.717, 1.165) is 5.56 Å². The molecule has 0 bridgehead atoms. The predicted octanol–water partition coefficient (Wildman–Crippen LogP) is 3.84. The summed E-state index contributed by atoms with van der Waals surface area (Å²) in [5.74, 6) is -0.252. The number of benzene rings is 2. The topological polar surface area (TPSA) is 23.6 Å². The van der Waals surface area contributed by atoms with Crippen LogP contribution in [0.15, 0.2) is 54.6 Å². The van der Waals surface area contributed by atoms with Crippen LogP contribution in [0.4, 0.5) is 10.1 Å². The van der Waals surface area contributed by atoms with E-state index in [1.807, 2.05) is 23.1 Å². The summed E-state index contributed by atoms with van der Waals surface area (Å²) in [6.07, 6.45) is 3.35. The number of piperazine rings is 1. The second-order valence-electron chi connectivity index (χ2n) is 5.65. The summed E-state index contributed by atoms with van der Waals surface area (Å²) in [6, 6.07) is 14.0. The van der Waals surface area contributed by atoms with Crippen LogP contribution in [-0.2, 0) is 4.79 Å². The molecule has 5 heteroatoms. The minimum absolute atomic E-state index is 0.0295. The maximum absolute atomic E-state index is 13.8. The summed E-state index contributed by atoms with van der Waals surface area (Å²) in [7, 11) is 0. The Balaban J connectivity index is 1.57. The average molecular weight is 345 g/mol. The molecule has 24 heavy (non-hydrogen) atoms. The van der Waals surface area contributed by atoms with Gasteiger partial charge in [0, 0.05) is 37.3 Å². The zero-order valence-electron chi connectivity index (χ0n) is 13.2. The third-order valence-corrected chi connectivity index (χ3v) is 4.32. The fourth-order valence-corrected chi connectivity index (χ4v) is 2.85. The van der Waals surface area contributed by atoms with Gasteiger partial charge in [-0.25, -0.2) is 4.39 Å². The molecule has 2 aromatic rings. The summed E-state index contributed by atoms with van der Waals surface area (Å²) in [6.45, 7) is 2.42. The molecular weight excluding hydrogens is 327 g/mol. The lowest BCUT2D eigenvalue weighted by atomic mass is 10.2. The molecule has 0 saturated carbocycles. The van der Waals surface area contributed by atoms with Gasteiger partial charge in [-0.05, 0) is 35.9 Å². The van der Waals surface area contributed by atoms with Gasteiger partial charge < -0.3 is 9.80 Å². The first-order chi connectivity index (χ1) is 11.6. The van der Waals surface area contributed by atoms with E-state index in [9.17, 15) is 9.18 Å². The van der Waals surface area contributed by atoms with Crippen LogP contribution in [0.25, 0.3) is 6.08 Å². The molecule has 0 spiro atoms. The molecule has 0 aliphatic carbocycles. The Kier molecular flexibility index (Phi) is 5.16. The SMILES string of the molecule is O=C(C=Cc1ccc(Cl)cc1)N1CCN(c2ccccc2F)CC1. The van der Waals surface area contributed by atoms with Gasteiger partial charge in [0.2, 0.25) is 5.91 Å². The van der Waals surface area contributed by atoms with Crippen LogP contribution in [0.1, 0.15) is 5.56 Å². The van der Waals surface area contributed by atoms with Crippen molar-refractivity contribution in [1.29, 1.82) is 0 Å². The van der Waals surface area contributed by atoms with Crippen molar-refractivity contribution in [3.05, 3.63) is 71.0 Å². The Morgan fingerprint density at radius 2 is 1.67 bits per heavy atom. The first kappa shape index (κ1) is 16.5. The molecule has 1 saturated heterocycles. The predicted molar refractivity (Wildman–Crippen MR) is 95.7 cm³/mol. The number of halogens is 2. The van der Waals surface area contributed by atoms with Crippen molar-refractivity contribution in [3.8, 4) is 0 Å². The standard InChI is InChI=1S/C19H18ClFN2O/c20-16-8-5-15(6-9-16)7-10-19(24)23-13-11-22(12-14-23)18-4-2-1-3-17(18)21/h1-10H,11-14H2. The molecule has 0 atom stereocenters. The fraction of sp³-hybridized carbons (Fsp3) is 0.211. The van der Waals surface area contributed by atoms with Gasteiger partial charge in [0.1, 0.15) is 5.82 Å². The smallest absolute Gasteiger partial charge is 0.246 e. The molecule has 124 valence electrons. The zero-order chi connectivity index (χ0) is 16.9. The normalized spacial score (nSPS) is 15.1. The van der Waals surface area contributed by atoms with Gasteiger partial charge in [0.05, 0.1) is 5.69 Å². The number of hydrogen-bond acceptors (Lipinski definition) is 2. The summed E-state index contributed by atoms with van der Waals surface area (Å²) in [4.78, 5) is 16.0. The maximum Gasteiger partial charge on any atom is 0.246 e. The maximum atomic E-state index is 13.8. The fourth-order valence-electron chi connectivity index (χ4n) is 2.72. The lowest BCUT2D eigenvalue weighted by Crippen LogP contribution is -2.48. The third kappa shape index (κ3) is 3.95. The van der Waals surface area contributed by atoms with Crippen molar-refractivity contribution in [2.75, 3.05) is 31.1 Å². The number of para-hydroxylation sites is 1. The van der Waals surface area contributed by atoms with Crippen LogP contribution < -0.4 is 4.90 Å². The van der Waals surface area contributed by atoms with Crippen molar-refractivity contribution < 1.29 is 9.18 Å². The summed E-state index contributed by atoms with van der Waals surface area (Å²) >= 11 is 5.84. The number of anilines is 1. The van der Waals surface area contributed by atoms with Crippen LogP contribution in [-0.4, -0.2) is 37.0 Å². The van der Waals surface area contributed by atoms with E-state index in [1.165, 1.54) is 6.07 Å². The summed E-state index contributed by atoms with van der Waals surface area (Å²) in [5, 5.41) is 0.669. The van der Waals surface area contributed by atoms with Crippen molar-refractivity contribution in [2.24, 2.45) is 0 Å². The molecule has 3 nitrogen and oxygen atoms in total. The van der Waals surface area contributed by atoms with Gasteiger partial charge in [0.15, 0.2) is 0 Å². The Hall–Kier alpha value is -2.33. The highest BCUT2D eigenvalue weighted by molar-refractivity contribution is 6.30. The van der Waals surface area contributed by atoms with Gasteiger partial charge in [-0.15, -0.1) is 0 Å². The van der Waals surface area contributed by atoms with Gasteiger partial charge in [-0.1, -0.05) is 35.9 Å². The Morgan fingerprint density at radius 1 is 1.00 bits per heavy atom. The number of carbonyl (C=O) groups is 1. The monoisotopic (exact) mass is 344 g/mol. The van der Waals surface area contributed by atoms with E-state index in [0.29, 0.717) is 36.9 Å². The van der Waals surface area contributed by atoms with Crippen LogP contribution in [0.3, 0.4) is 0 Å². The van der Waals surface area contributed by atoms with E-state index >= 15 is 0 Å². The highest BCUT2D eigenvalue weighted by Crippen LogP contribution is 2.20. The molecule has 2 aromatic carbocycles. The van der Waals surface area contributed by atoms with E-state index in [-0.39, 0.29) is 11.7 Å². The first-order valence-corrected chi connectivity index (χ1v) is 8.23. The van der Waals surface area contributed by atoms with Crippen LogP contribution >= 0.6 is 11.6 Å².